The lowest BCUT2D eigenvalue weighted by Gasteiger charge is -1.95. The van der Waals surface area contributed by atoms with Gasteiger partial charge >= 0.3 is 0 Å². The number of imidazole rings is 1. The van der Waals surface area contributed by atoms with Crippen LogP contribution in [0.4, 0.5) is 0 Å². The minimum absolute atomic E-state index is 0.608. The second-order valence-electron chi connectivity index (χ2n) is 3.36. The van der Waals surface area contributed by atoms with E-state index in [2.05, 4.69) is 35.6 Å². The van der Waals surface area contributed by atoms with Crippen LogP contribution in [0.5, 0.6) is 0 Å². The Balaban J connectivity index is 2.57. The van der Waals surface area contributed by atoms with Crippen LogP contribution in [-0.2, 0) is 0 Å². The van der Waals surface area contributed by atoms with Gasteiger partial charge in [0.25, 0.3) is 0 Å². The molecule has 0 aliphatic carbocycles. The molecule has 0 radical (unpaired) electrons. The van der Waals surface area contributed by atoms with E-state index in [0.717, 1.165) is 10.7 Å². The highest BCUT2D eigenvalue weighted by molar-refractivity contribution is 7.17. The number of rotatable bonds is 1. The molecule has 0 atom stereocenters. The first kappa shape index (κ1) is 7.80. The van der Waals surface area contributed by atoms with Crippen LogP contribution < -0.4 is 0 Å². The maximum atomic E-state index is 4.40. The molecule has 3 heteroatoms. The minimum atomic E-state index is 0.608. The Hall–Kier alpha value is -0.830. The summed E-state index contributed by atoms with van der Waals surface area (Å²) in [5.74, 6) is 0.608. The van der Waals surface area contributed by atoms with Gasteiger partial charge in [0.1, 0.15) is 0 Å². The molecule has 0 aromatic carbocycles. The number of nitrogens with zero attached hydrogens (tertiary/aromatic N) is 2. The molecule has 0 aliphatic rings. The van der Waals surface area contributed by atoms with Crippen LogP contribution in [0.2, 0.25) is 0 Å². The Morgan fingerprint density at radius 1 is 1.42 bits per heavy atom. The summed E-state index contributed by atoms with van der Waals surface area (Å²) in [6, 6.07) is 0. The fourth-order valence-corrected chi connectivity index (χ4v) is 2.21. The van der Waals surface area contributed by atoms with Gasteiger partial charge in [-0.05, 0) is 12.8 Å². The van der Waals surface area contributed by atoms with Crippen LogP contribution in [-0.4, -0.2) is 9.38 Å². The highest BCUT2D eigenvalue weighted by atomic mass is 32.1. The smallest absolute Gasteiger partial charge is 0.194 e. The zero-order valence-corrected chi connectivity index (χ0v) is 8.35. The molecule has 0 aliphatic heterocycles. The first-order chi connectivity index (χ1) is 5.66. The van der Waals surface area contributed by atoms with Crippen LogP contribution >= 0.6 is 11.3 Å². The molecule has 2 heterocycles. The van der Waals surface area contributed by atoms with E-state index in [1.165, 1.54) is 4.88 Å². The highest BCUT2D eigenvalue weighted by Gasteiger charge is 2.06. The van der Waals surface area contributed by atoms with Gasteiger partial charge in [-0.2, -0.15) is 0 Å². The van der Waals surface area contributed by atoms with E-state index >= 15 is 0 Å². The van der Waals surface area contributed by atoms with Gasteiger partial charge in [0.2, 0.25) is 0 Å². The fourth-order valence-electron chi connectivity index (χ4n) is 1.20. The third-order valence-corrected chi connectivity index (χ3v) is 3.16. The number of aromatic nitrogens is 2. The Morgan fingerprint density at radius 3 is 2.75 bits per heavy atom. The lowest BCUT2D eigenvalue weighted by Crippen LogP contribution is -1.80. The van der Waals surface area contributed by atoms with E-state index in [1.807, 2.05) is 6.92 Å². The number of aryl methyl sites for hydroxylation is 1. The highest BCUT2D eigenvalue weighted by Crippen LogP contribution is 2.24. The number of hydrogen-bond donors (Lipinski definition) is 0. The quantitative estimate of drug-likeness (QED) is 0.659. The van der Waals surface area contributed by atoms with Crippen molar-refractivity contribution < 1.29 is 0 Å². The number of fused-ring (bicyclic) bond motifs is 1. The summed E-state index contributed by atoms with van der Waals surface area (Å²) in [7, 11) is 0. The van der Waals surface area contributed by atoms with E-state index in [1.54, 1.807) is 11.3 Å². The molecule has 2 nitrogen and oxygen atoms in total. The van der Waals surface area contributed by atoms with E-state index < -0.39 is 0 Å². The molecule has 0 fully saturated rings. The molecule has 0 N–H and O–H groups in total. The van der Waals surface area contributed by atoms with Gasteiger partial charge < -0.3 is 0 Å². The van der Waals surface area contributed by atoms with Crippen LogP contribution in [0.1, 0.15) is 30.3 Å². The van der Waals surface area contributed by atoms with Gasteiger partial charge in [0.05, 0.1) is 5.69 Å². The Labute approximate surface area is 75.9 Å². The SMILES string of the molecule is Cc1cn2cc(C(C)C)sc2n1. The molecule has 0 unspecified atom stereocenters. The van der Waals surface area contributed by atoms with Gasteiger partial charge in [-0.15, -0.1) is 11.3 Å². The van der Waals surface area contributed by atoms with Gasteiger partial charge in [-0.1, -0.05) is 13.8 Å². The van der Waals surface area contributed by atoms with Crippen LogP contribution in [0, 0.1) is 6.92 Å². The van der Waals surface area contributed by atoms with E-state index in [0.29, 0.717) is 5.92 Å². The average molecular weight is 180 g/mol. The van der Waals surface area contributed by atoms with Crippen molar-refractivity contribution in [2.24, 2.45) is 0 Å². The Kier molecular flexibility index (Phi) is 1.68. The Morgan fingerprint density at radius 2 is 2.17 bits per heavy atom. The third kappa shape index (κ3) is 1.14. The third-order valence-electron chi connectivity index (χ3n) is 1.86. The summed E-state index contributed by atoms with van der Waals surface area (Å²) in [5.41, 5.74) is 1.09. The lowest BCUT2D eigenvalue weighted by molar-refractivity contribution is 0.881. The van der Waals surface area contributed by atoms with Crippen molar-refractivity contribution in [3.8, 4) is 0 Å². The van der Waals surface area contributed by atoms with Gasteiger partial charge in [0.15, 0.2) is 4.96 Å². The van der Waals surface area contributed by atoms with E-state index in [-0.39, 0.29) is 0 Å². The molecule has 0 bridgehead atoms. The van der Waals surface area contributed by atoms with Crippen LogP contribution in [0.15, 0.2) is 12.4 Å². The normalized spacial score (nSPS) is 11.7. The van der Waals surface area contributed by atoms with Crippen molar-refractivity contribution in [3.63, 3.8) is 0 Å². The van der Waals surface area contributed by atoms with Gasteiger partial charge in [-0.25, -0.2) is 4.98 Å². The van der Waals surface area contributed by atoms with Crippen molar-refractivity contribution >= 4 is 16.3 Å². The first-order valence-electron chi connectivity index (χ1n) is 4.12. The standard InChI is InChI=1S/C9H12N2S/c1-6(2)8-5-11-4-7(3)10-9(11)12-8/h4-6H,1-3H3. The predicted octanol–water partition coefficient (Wildman–Crippen LogP) is 2.83. The zero-order valence-electron chi connectivity index (χ0n) is 7.53. The average Bonchev–Trinajstić information content (AvgIpc) is 2.42. The van der Waals surface area contributed by atoms with E-state index in [4.69, 9.17) is 0 Å². The second kappa shape index (κ2) is 2.59. The monoisotopic (exact) mass is 180 g/mol. The Bertz CT molecular complexity index is 366. The summed E-state index contributed by atoms with van der Waals surface area (Å²) < 4.78 is 2.11. The largest absolute Gasteiger partial charge is 0.297 e. The van der Waals surface area contributed by atoms with Crippen molar-refractivity contribution in [1.82, 2.24) is 9.38 Å². The molecule has 2 aromatic rings. The molecular formula is C9H12N2S. The second-order valence-corrected chi connectivity index (χ2v) is 4.40. The number of hydrogen-bond acceptors (Lipinski definition) is 2. The number of thiazole rings is 1. The van der Waals surface area contributed by atoms with Gasteiger partial charge in [-0.3, -0.25) is 4.40 Å². The van der Waals surface area contributed by atoms with Crippen molar-refractivity contribution in [2.45, 2.75) is 26.7 Å². The summed E-state index contributed by atoms with van der Waals surface area (Å²) in [5, 5.41) is 0. The van der Waals surface area contributed by atoms with Crippen LogP contribution in [0.3, 0.4) is 0 Å². The summed E-state index contributed by atoms with van der Waals surface area (Å²) in [6.45, 7) is 6.44. The van der Waals surface area contributed by atoms with E-state index in [9.17, 15) is 0 Å². The molecule has 2 rings (SSSR count). The minimum Gasteiger partial charge on any atom is -0.297 e. The summed E-state index contributed by atoms with van der Waals surface area (Å²) in [6.07, 6.45) is 4.24. The zero-order chi connectivity index (χ0) is 8.72. The fraction of sp³-hybridized carbons (Fsp3) is 0.444. The summed E-state index contributed by atoms with van der Waals surface area (Å²) >= 11 is 1.78. The van der Waals surface area contributed by atoms with Crippen molar-refractivity contribution in [1.29, 1.82) is 0 Å². The molecule has 2 aromatic heterocycles. The van der Waals surface area contributed by atoms with Crippen molar-refractivity contribution in [3.05, 3.63) is 23.0 Å². The van der Waals surface area contributed by atoms with Crippen molar-refractivity contribution in [2.75, 3.05) is 0 Å². The molecule has 0 amide bonds. The molecule has 0 saturated carbocycles. The maximum Gasteiger partial charge on any atom is 0.194 e. The predicted molar refractivity (Wildman–Crippen MR) is 51.9 cm³/mol. The summed E-state index contributed by atoms with van der Waals surface area (Å²) in [4.78, 5) is 6.91. The maximum absolute atomic E-state index is 4.40. The van der Waals surface area contributed by atoms with Crippen LogP contribution in [0.25, 0.3) is 4.96 Å². The molecule has 64 valence electrons. The molecule has 0 spiro atoms. The molecule has 12 heavy (non-hydrogen) atoms. The molecule has 0 saturated heterocycles. The lowest BCUT2D eigenvalue weighted by atomic mass is 10.2. The topological polar surface area (TPSA) is 17.3 Å². The van der Waals surface area contributed by atoms with Gasteiger partial charge in [0, 0.05) is 17.3 Å². The first-order valence-corrected chi connectivity index (χ1v) is 4.93. The molecular weight excluding hydrogens is 168 g/mol.